The lowest BCUT2D eigenvalue weighted by Gasteiger charge is -2.23. The molecule has 0 aliphatic carbocycles. The molecule has 1 aliphatic heterocycles. The molecular formula is C19H21FN2O7S. The van der Waals surface area contributed by atoms with Crippen molar-refractivity contribution in [3.8, 4) is 16.9 Å². The van der Waals surface area contributed by atoms with Gasteiger partial charge in [-0.2, -0.15) is 0 Å². The van der Waals surface area contributed by atoms with Gasteiger partial charge in [0.05, 0.1) is 11.8 Å². The van der Waals surface area contributed by atoms with Crippen molar-refractivity contribution in [1.82, 2.24) is 5.32 Å². The van der Waals surface area contributed by atoms with Crippen molar-refractivity contribution in [2.24, 2.45) is 0 Å². The second-order valence-electron chi connectivity index (χ2n) is 6.80. The Labute approximate surface area is 172 Å². The average Bonchev–Trinajstić information content (AvgIpc) is 2.88. The highest BCUT2D eigenvalue weighted by molar-refractivity contribution is 7.92. The first-order valence-corrected chi connectivity index (χ1v) is 10.8. The fourth-order valence-corrected chi connectivity index (χ4v) is 3.65. The molecule has 0 bridgehead atoms. The lowest BCUT2D eigenvalue weighted by atomic mass is 10.0. The molecule has 0 aromatic heterocycles. The minimum atomic E-state index is -3.54. The van der Waals surface area contributed by atoms with Crippen molar-refractivity contribution in [1.29, 1.82) is 0 Å². The molecule has 162 valence electrons. The predicted octanol–water partition coefficient (Wildman–Crippen LogP) is 0.783. The molecule has 2 aromatic carbocycles. The van der Waals surface area contributed by atoms with Crippen molar-refractivity contribution < 1.29 is 37.3 Å². The van der Waals surface area contributed by atoms with E-state index >= 15 is 0 Å². The highest BCUT2D eigenvalue weighted by Gasteiger charge is 2.45. The van der Waals surface area contributed by atoms with Gasteiger partial charge in [-0.05, 0) is 29.8 Å². The topological polar surface area (TPSA) is 134 Å². The maximum absolute atomic E-state index is 14.7. The lowest BCUT2D eigenvalue weighted by Crippen LogP contribution is -2.48. The number of hydrogen-bond acceptors (Lipinski definition) is 7. The molecule has 11 heteroatoms. The molecule has 0 spiro atoms. The minimum Gasteiger partial charge on any atom is -0.462 e. The first-order valence-electron chi connectivity index (χ1n) is 8.87. The number of anilines is 1. The molecule has 1 heterocycles. The summed E-state index contributed by atoms with van der Waals surface area (Å²) in [6, 6.07) is 8.97. The molecule has 1 amide bonds. The molecule has 3 rings (SSSR count). The van der Waals surface area contributed by atoms with Gasteiger partial charge in [0, 0.05) is 12.6 Å². The summed E-state index contributed by atoms with van der Waals surface area (Å²) in [4.78, 5) is 11.4. The number of aliphatic hydroxyl groups is 2. The highest BCUT2D eigenvalue weighted by atomic mass is 32.2. The van der Waals surface area contributed by atoms with Crippen LogP contribution in [-0.2, 0) is 19.6 Å². The van der Waals surface area contributed by atoms with Crippen molar-refractivity contribution in [3.63, 3.8) is 0 Å². The number of rotatable bonds is 6. The largest absolute Gasteiger partial charge is 0.462 e. The van der Waals surface area contributed by atoms with E-state index in [0.29, 0.717) is 5.56 Å². The quantitative estimate of drug-likeness (QED) is 0.522. The van der Waals surface area contributed by atoms with Crippen LogP contribution in [0, 0.1) is 5.82 Å². The number of aliphatic hydroxyl groups excluding tert-OH is 2. The van der Waals surface area contributed by atoms with Gasteiger partial charge in [-0.25, -0.2) is 12.8 Å². The molecule has 1 saturated heterocycles. The molecule has 1 fully saturated rings. The molecule has 9 nitrogen and oxygen atoms in total. The second-order valence-corrected chi connectivity index (χ2v) is 8.55. The van der Waals surface area contributed by atoms with Crippen molar-refractivity contribution in [2.75, 3.05) is 11.0 Å². The average molecular weight is 440 g/mol. The number of halogens is 1. The van der Waals surface area contributed by atoms with Gasteiger partial charge in [0.25, 0.3) is 0 Å². The standard InChI is InChI=1S/C19H21FN2O7S/c1-10(23)21-16-17(24)18(25)29-19(16)28-14-8-4-7-13(20)15(14)11-5-3-6-12(9-11)22-30(2,26)27/h3-9,16-19,22,24-25H,1-2H3,(H,21,23). The van der Waals surface area contributed by atoms with E-state index in [0.717, 1.165) is 6.26 Å². The Balaban J connectivity index is 1.96. The SMILES string of the molecule is CC(=O)NC1C(Oc2cccc(F)c2-c2cccc(NS(C)(=O)=O)c2)OC(O)C1O. The van der Waals surface area contributed by atoms with Gasteiger partial charge in [0.2, 0.25) is 22.2 Å². The van der Waals surface area contributed by atoms with Crippen LogP contribution in [0.1, 0.15) is 6.92 Å². The molecule has 4 N–H and O–H groups in total. The Morgan fingerprint density at radius 2 is 1.90 bits per heavy atom. The summed E-state index contributed by atoms with van der Waals surface area (Å²) in [5.74, 6) is -1.13. The number of benzene rings is 2. The Morgan fingerprint density at radius 1 is 1.20 bits per heavy atom. The highest BCUT2D eigenvalue weighted by Crippen LogP contribution is 2.36. The molecule has 4 unspecified atom stereocenters. The minimum absolute atomic E-state index is 0.00755. The fraction of sp³-hybridized carbons (Fsp3) is 0.316. The van der Waals surface area contributed by atoms with Crippen LogP contribution in [0.25, 0.3) is 11.1 Å². The summed E-state index contributed by atoms with van der Waals surface area (Å²) in [6.07, 6.45) is -3.35. The van der Waals surface area contributed by atoms with E-state index in [4.69, 9.17) is 9.47 Å². The van der Waals surface area contributed by atoms with Crippen LogP contribution in [0.3, 0.4) is 0 Å². The van der Waals surface area contributed by atoms with Crippen LogP contribution >= 0.6 is 0 Å². The molecular weight excluding hydrogens is 419 g/mol. The van der Waals surface area contributed by atoms with E-state index in [2.05, 4.69) is 10.0 Å². The van der Waals surface area contributed by atoms with Crippen LogP contribution in [0.2, 0.25) is 0 Å². The summed E-state index contributed by atoms with van der Waals surface area (Å²) < 4.78 is 50.9. The first-order chi connectivity index (χ1) is 14.0. The number of amides is 1. The second kappa shape index (κ2) is 8.56. The number of hydrogen-bond donors (Lipinski definition) is 4. The van der Waals surface area contributed by atoms with Gasteiger partial charge >= 0.3 is 0 Å². The summed E-state index contributed by atoms with van der Waals surface area (Å²) in [5, 5.41) is 22.2. The van der Waals surface area contributed by atoms with Gasteiger partial charge < -0.3 is 25.0 Å². The predicted molar refractivity (Wildman–Crippen MR) is 105 cm³/mol. The molecule has 30 heavy (non-hydrogen) atoms. The van der Waals surface area contributed by atoms with Crippen LogP contribution in [0.5, 0.6) is 5.75 Å². The van der Waals surface area contributed by atoms with Crippen LogP contribution in [-0.4, -0.2) is 55.5 Å². The fourth-order valence-electron chi connectivity index (χ4n) is 3.09. The number of carbonyl (C=O) groups is 1. The lowest BCUT2D eigenvalue weighted by molar-refractivity contribution is -0.168. The maximum Gasteiger partial charge on any atom is 0.229 e. The number of nitrogens with one attached hydrogen (secondary N) is 2. The van der Waals surface area contributed by atoms with Crippen molar-refractivity contribution in [3.05, 3.63) is 48.3 Å². The molecule has 1 aliphatic rings. The van der Waals surface area contributed by atoms with Gasteiger partial charge in [-0.3, -0.25) is 9.52 Å². The number of sulfonamides is 1. The van der Waals surface area contributed by atoms with Crippen LogP contribution < -0.4 is 14.8 Å². The molecule has 0 saturated carbocycles. The van der Waals surface area contributed by atoms with Gasteiger partial charge in [-0.15, -0.1) is 0 Å². The Hall–Kier alpha value is -2.73. The van der Waals surface area contributed by atoms with E-state index in [1.807, 2.05) is 0 Å². The van der Waals surface area contributed by atoms with E-state index < -0.39 is 46.5 Å². The molecule has 4 atom stereocenters. The van der Waals surface area contributed by atoms with E-state index in [1.165, 1.54) is 37.3 Å². The summed E-state index contributed by atoms with van der Waals surface area (Å²) in [7, 11) is -3.54. The van der Waals surface area contributed by atoms with E-state index in [1.54, 1.807) is 12.1 Å². The monoisotopic (exact) mass is 440 g/mol. The summed E-state index contributed by atoms with van der Waals surface area (Å²) in [6.45, 7) is 1.22. The van der Waals surface area contributed by atoms with Crippen LogP contribution in [0.15, 0.2) is 42.5 Å². The van der Waals surface area contributed by atoms with Gasteiger partial charge in [-0.1, -0.05) is 18.2 Å². The van der Waals surface area contributed by atoms with Gasteiger partial charge in [0.1, 0.15) is 23.7 Å². The third-order valence-corrected chi connectivity index (χ3v) is 4.88. The first kappa shape index (κ1) is 22.0. The molecule has 2 aromatic rings. The summed E-state index contributed by atoms with van der Waals surface area (Å²) in [5.41, 5.74) is 0.547. The third kappa shape index (κ3) is 5.05. The Kier molecular flexibility index (Phi) is 6.27. The normalized spacial score (nSPS) is 23.8. The van der Waals surface area contributed by atoms with Crippen molar-refractivity contribution >= 4 is 21.6 Å². The number of carbonyl (C=O) groups excluding carboxylic acids is 1. The smallest absolute Gasteiger partial charge is 0.229 e. The zero-order valence-electron chi connectivity index (χ0n) is 16.1. The number of ether oxygens (including phenoxy) is 2. The summed E-state index contributed by atoms with van der Waals surface area (Å²) >= 11 is 0. The zero-order chi connectivity index (χ0) is 22.1. The van der Waals surface area contributed by atoms with E-state index in [9.17, 15) is 27.8 Å². The maximum atomic E-state index is 14.7. The Bertz CT molecular complexity index is 1050. The molecule has 0 radical (unpaired) electrons. The van der Waals surface area contributed by atoms with Crippen LogP contribution in [0.4, 0.5) is 10.1 Å². The van der Waals surface area contributed by atoms with E-state index in [-0.39, 0.29) is 17.0 Å². The van der Waals surface area contributed by atoms with Crippen molar-refractivity contribution in [2.45, 2.75) is 31.6 Å². The van der Waals surface area contributed by atoms with Gasteiger partial charge in [0.15, 0.2) is 6.29 Å². The zero-order valence-corrected chi connectivity index (χ0v) is 16.9. The Morgan fingerprint density at radius 3 is 2.57 bits per heavy atom. The third-order valence-electron chi connectivity index (χ3n) is 4.27.